The zero-order chi connectivity index (χ0) is 35.0. The molecule has 0 unspecified atom stereocenters. The fourth-order valence-corrected chi connectivity index (χ4v) is 10.9. The van der Waals surface area contributed by atoms with E-state index in [1.165, 1.54) is 43.7 Å². The Morgan fingerprint density at radius 3 is 1.38 bits per heavy atom. The molecule has 0 amide bonds. The molecule has 0 aliphatic heterocycles. The normalized spacial score (nSPS) is 12.2. The molecule has 0 atom stereocenters. The van der Waals surface area contributed by atoms with Gasteiger partial charge in [-0.05, 0) is 130 Å². The number of aryl methyl sites for hydroxylation is 3. The molecule has 0 bridgehead atoms. The predicted molar refractivity (Wildman–Crippen MR) is 205 cm³/mol. The van der Waals surface area contributed by atoms with Crippen LogP contribution in [0.1, 0.15) is 92.7 Å². The van der Waals surface area contributed by atoms with Crippen LogP contribution in [-0.4, -0.2) is 21.4 Å². The van der Waals surface area contributed by atoms with Gasteiger partial charge >= 0.3 is 10.1 Å². The fourth-order valence-electron chi connectivity index (χ4n) is 5.16. The van der Waals surface area contributed by atoms with Crippen molar-refractivity contribution in [2.45, 2.75) is 88.5 Å². The van der Waals surface area contributed by atoms with Crippen LogP contribution in [0.2, 0.25) is 0 Å². The van der Waals surface area contributed by atoms with Crippen molar-refractivity contribution in [3.05, 3.63) is 93.4 Å². The third kappa shape index (κ3) is 8.65. The van der Waals surface area contributed by atoms with Gasteiger partial charge in [0.2, 0.25) is 0 Å². The number of rotatable bonds is 5. The third-order valence-corrected chi connectivity index (χ3v) is 15.3. The van der Waals surface area contributed by atoms with Gasteiger partial charge in [0, 0.05) is 24.8 Å². The Morgan fingerprint density at radius 2 is 0.979 bits per heavy atom. The van der Waals surface area contributed by atoms with Crippen LogP contribution in [0.15, 0.2) is 68.4 Å². The van der Waals surface area contributed by atoms with Gasteiger partial charge < -0.3 is 0 Å². The van der Waals surface area contributed by atoms with Gasteiger partial charge in [0.1, 0.15) is 4.21 Å². The molecule has 0 saturated heterocycles. The van der Waals surface area contributed by atoms with Gasteiger partial charge in [-0.15, -0.1) is 34.0 Å². The lowest BCUT2D eigenvalue weighted by Gasteiger charge is -2.04. The summed E-state index contributed by atoms with van der Waals surface area (Å²) in [5.41, 5.74) is 6.60. The molecular weight excluding hydrogens is 708 g/mol. The highest BCUT2D eigenvalue weighted by Gasteiger charge is 2.20. The first-order valence-electron chi connectivity index (χ1n) is 15.3. The Labute approximate surface area is 295 Å². The molecule has 252 valence electrons. The summed E-state index contributed by atoms with van der Waals surface area (Å²) in [5, 5.41) is 5.56. The van der Waals surface area contributed by atoms with E-state index in [2.05, 4.69) is 78.1 Å². The lowest BCUT2D eigenvalue weighted by atomic mass is 10.0. The highest BCUT2D eigenvalue weighted by Crippen LogP contribution is 2.38. The van der Waals surface area contributed by atoms with E-state index in [1.807, 2.05) is 41.7 Å². The largest absolute Gasteiger partial charge is 0.304 e. The van der Waals surface area contributed by atoms with Gasteiger partial charge in [-0.25, -0.2) is 8.42 Å². The van der Waals surface area contributed by atoms with Crippen LogP contribution in [-0.2, 0) is 19.2 Å². The monoisotopic (exact) mass is 748 g/mol. The Morgan fingerprint density at radius 1 is 0.596 bits per heavy atom. The van der Waals surface area contributed by atoms with Crippen LogP contribution in [0.25, 0.3) is 30.3 Å². The minimum atomic E-state index is -4.11. The predicted octanol–water partition coefficient (Wildman–Crippen LogP) is 12.2. The molecule has 5 nitrogen and oxygen atoms in total. The third-order valence-electron chi connectivity index (χ3n) is 8.08. The number of thiophene rings is 3. The zero-order valence-electron chi connectivity index (χ0n) is 28.0. The number of hydrogen-bond donors (Lipinski definition) is 1. The van der Waals surface area contributed by atoms with Crippen molar-refractivity contribution in [1.29, 1.82) is 0 Å². The smallest absolute Gasteiger partial charge is 0.281 e. The number of hydrogen-bond acceptors (Lipinski definition) is 7. The first kappa shape index (κ1) is 37.5. The topological polar surface area (TPSA) is 88.5 Å². The summed E-state index contributed by atoms with van der Waals surface area (Å²) in [4.78, 5) is 0. The summed E-state index contributed by atoms with van der Waals surface area (Å²) >= 11 is 4.18. The highest BCUT2D eigenvalue weighted by molar-refractivity contribution is 8.15. The van der Waals surface area contributed by atoms with Crippen LogP contribution in [0.3, 0.4) is 0 Å². The van der Waals surface area contributed by atoms with Crippen molar-refractivity contribution in [2.24, 2.45) is 0 Å². The Bertz CT molecular complexity index is 2150. The average Bonchev–Trinajstić information content (AvgIpc) is 3.65. The molecule has 47 heavy (non-hydrogen) atoms. The minimum absolute atomic E-state index is 0.0495. The molecule has 0 spiro atoms. The molecule has 0 saturated carbocycles. The van der Waals surface area contributed by atoms with E-state index in [4.69, 9.17) is 15.2 Å². The van der Waals surface area contributed by atoms with E-state index in [1.54, 1.807) is 13.8 Å². The molecule has 3 aromatic heterocycles. The van der Waals surface area contributed by atoms with Crippen molar-refractivity contribution in [3.63, 3.8) is 0 Å². The second-order valence-corrected chi connectivity index (χ2v) is 20.0. The van der Waals surface area contributed by atoms with Crippen LogP contribution in [0, 0.1) is 20.8 Å². The summed E-state index contributed by atoms with van der Waals surface area (Å²) in [7, 11) is -2.33. The van der Waals surface area contributed by atoms with Crippen molar-refractivity contribution in [3.8, 4) is 0 Å². The quantitative estimate of drug-likeness (QED) is 0.140. The lowest BCUT2D eigenvalue weighted by Crippen LogP contribution is -1.96. The van der Waals surface area contributed by atoms with Crippen LogP contribution < -0.4 is 0 Å². The molecule has 1 N–H and O–H groups in total. The maximum atomic E-state index is 11.4. The van der Waals surface area contributed by atoms with Crippen LogP contribution in [0.5, 0.6) is 0 Å². The minimum Gasteiger partial charge on any atom is -0.281 e. The standard InChI is InChI=1S/C12H13ClO2S2.C12H14O3S2.C12H14S/c2*1-7(2)9-4-5-11-10(6-9)8(3)12(16-11)17(13,14)15;1-8(2)10-4-5-12-11(6-10)9(3)7-13-12/h4-7H,1-3H3;4-7H,1-3H3,(H,13,14,15);4-8H,1-3H3. The number of benzene rings is 3. The van der Waals surface area contributed by atoms with E-state index in [-0.39, 0.29) is 8.42 Å². The summed E-state index contributed by atoms with van der Waals surface area (Å²) in [6.45, 7) is 18.6. The summed E-state index contributed by atoms with van der Waals surface area (Å²) < 4.78 is 57.9. The van der Waals surface area contributed by atoms with Gasteiger partial charge in [-0.3, -0.25) is 4.55 Å². The summed E-state index contributed by atoms with van der Waals surface area (Å²) in [6.07, 6.45) is 0. The second kappa shape index (κ2) is 14.7. The molecule has 6 aromatic rings. The van der Waals surface area contributed by atoms with Gasteiger partial charge in [0.15, 0.2) is 4.21 Å². The molecule has 3 aromatic carbocycles. The molecule has 0 radical (unpaired) electrons. The number of fused-ring (bicyclic) bond motifs is 3. The van der Waals surface area contributed by atoms with Crippen molar-refractivity contribution in [1.82, 2.24) is 0 Å². The molecule has 3 heterocycles. The van der Waals surface area contributed by atoms with E-state index in [9.17, 15) is 16.8 Å². The second-order valence-electron chi connectivity index (χ2n) is 12.6. The van der Waals surface area contributed by atoms with Gasteiger partial charge in [-0.2, -0.15) is 8.42 Å². The first-order valence-corrected chi connectivity index (χ1v) is 21.5. The molecule has 6 rings (SSSR count). The maximum absolute atomic E-state index is 11.4. The SMILES string of the molecule is Cc1c(S(=O)(=O)Cl)sc2ccc(C(C)C)cc12.Cc1c(S(=O)(=O)O)sc2ccc(C(C)C)cc12.Cc1csc2ccc(C(C)C)cc12. The van der Waals surface area contributed by atoms with Gasteiger partial charge in [0.05, 0.1) is 0 Å². The Kier molecular flexibility index (Phi) is 11.7. The van der Waals surface area contributed by atoms with Crippen molar-refractivity contribution < 1.29 is 21.4 Å². The number of halogens is 1. The zero-order valence-corrected chi connectivity index (χ0v) is 32.8. The Balaban J connectivity index is 0.000000161. The average molecular weight is 750 g/mol. The Hall–Kier alpha value is -2.31. The highest BCUT2D eigenvalue weighted by atomic mass is 35.7. The van der Waals surface area contributed by atoms with Gasteiger partial charge in [-0.1, -0.05) is 59.7 Å². The van der Waals surface area contributed by atoms with E-state index in [0.29, 0.717) is 23.3 Å². The van der Waals surface area contributed by atoms with E-state index in [0.717, 1.165) is 37.1 Å². The molecule has 0 aliphatic carbocycles. The van der Waals surface area contributed by atoms with Crippen molar-refractivity contribution >= 4 is 94.1 Å². The summed E-state index contributed by atoms with van der Waals surface area (Å²) in [6, 6.07) is 18.8. The van der Waals surface area contributed by atoms with Crippen LogP contribution in [0.4, 0.5) is 0 Å². The van der Waals surface area contributed by atoms with E-state index < -0.39 is 19.2 Å². The molecule has 0 fully saturated rings. The molecule has 11 heteroatoms. The fraction of sp³-hybridized carbons (Fsp3) is 0.333. The first-order chi connectivity index (χ1) is 21.8. The lowest BCUT2D eigenvalue weighted by molar-refractivity contribution is 0.485. The van der Waals surface area contributed by atoms with Gasteiger partial charge in [0.25, 0.3) is 9.05 Å². The van der Waals surface area contributed by atoms with E-state index >= 15 is 0 Å². The van der Waals surface area contributed by atoms with Crippen molar-refractivity contribution in [2.75, 3.05) is 0 Å². The maximum Gasteiger partial charge on any atom is 0.304 e. The summed E-state index contributed by atoms with van der Waals surface area (Å²) in [5.74, 6) is 1.45. The van der Waals surface area contributed by atoms with Crippen LogP contribution >= 0.6 is 44.7 Å². The molecule has 0 aliphatic rings. The molecular formula is C36H41ClO5S5.